The summed E-state index contributed by atoms with van der Waals surface area (Å²) >= 11 is 6.23. The number of carbonyl (C=O) groups excluding carboxylic acids is 1. The highest BCUT2D eigenvalue weighted by Crippen LogP contribution is 2.31. The number of halogens is 2. The third-order valence-electron chi connectivity index (χ3n) is 4.04. The molecule has 0 radical (unpaired) electrons. The molecule has 0 bridgehead atoms. The van der Waals surface area contributed by atoms with Gasteiger partial charge in [0.2, 0.25) is 0 Å². The van der Waals surface area contributed by atoms with Gasteiger partial charge in [0.1, 0.15) is 5.82 Å². The Morgan fingerprint density at radius 2 is 1.91 bits per heavy atom. The molecule has 1 fully saturated rings. The zero-order valence-electron chi connectivity index (χ0n) is 13.7. The first-order valence-corrected chi connectivity index (χ1v) is 8.56. The number of amides is 2. The van der Waals surface area contributed by atoms with E-state index in [1.54, 1.807) is 12.1 Å². The summed E-state index contributed by atoms with van der Waals surface area (Å²) in [5.74, 6) is 0.0647. The number of carbonyl (C=O) groups is 1. The van der Waals surface area contributed by atoms with Crippen molar-refractivity contribution < 1.29 is 9.18 Å². The first kappa shape index (κ1) is 18.0. The minimum atomic E-state index is -0.321. The van der Waals surface area contributed by atoms with E-state index in [9.17, 15) is 9.18 Å². The van der Waals surface area contributed by atoms with Crippen LogP contribution in [-0.4, -0.2) is 37.1 Å². The van der Waals surface area contributed by atoms with Crippen molar-refractivity contribution in [3.63, 3.8) is 0 Å². The van der Waals surface area contributed by atoms with Crippen molar-refractivity contribution >= 4 is 17.6 Å². The number of nitrogens with zero attached hydrogens (tertiary/aromatic N) is 1. The smallest absolute Gasteiger partial charge is 0.314 e. The maximum atomic E-state index is 14.3. The molecule has 1 heterocycles. The molecule has 1 atom stereocenters. The fraction of sp³-hybridized carbons (Fsp3) is 0.588. The summed E-state index contributed by atoms with van der Waals surface area (Å²) in [6.45, 7) is 6.80. The van der Waals surface area contributed by atoms with Crippen LogP contribution in [0.15, 0.2) is 18.2 Å². The number of hydrogen-bond acceptors (Lipinski definition) is 2. The highest BCUT2D eigenvalue weighted by Gasteiger charge is 2.28. The zero-order chi connectivity index (χ0) is 16.8. The third kappa shape index (κ3) is 5.08. The molecule has 1 aliphatic heterocycles. The lowest BCUT2D eigenvalue weighted by Gasteiger charge is -2.29. The second-order valence-electron chi connectivity index (χ2n) is 6.38. The summed E-state index contributed by atoms with van der Waals surface area (Å²) in [6.07, 6.45) is 2.17. The van der Waals surface area contributed by atoms with Crippen LogP contribution in [0.4, 0.5) is 9.18 Å². The molecule has 0 aromatic heterocycles. The van der Waals surface area contributed by atoms with Crippen molar-refractivity contribution in [2.75, 3.05) is 26.2 Å². The summed E-state index contributed by atoms with van der Waals surface area (Å²) in [5, 5.41) is 6.07. The fourth-order valence-corrected chi connectivity index (χ4v) is 3.13. The van der Waals surface area contributed by atoms with E-state index in [-0.39, 0.29) is 17.9 Å². The standard InChI is InChI=1S/C17H25ClFN3O/c1-12(2)10-20-17(23)21-11-15(22-8-3-4-9-22)16-13(18)6-5-7-14(16)19/h5-7,12,15H,3-4,8-11H2,1-2H3,(H2,20,21,23). The maximum absolute atomic E-state index is 14.3. The molecular weight excluding hydrogens is 317 g/mol. The van der Waals surface area contributed by atoms with Crippen molar-refractivity contribution in [2.24, 2.45) is 5.92 Å². The van der Waals surface area contributed by atoms with E-state index in [0.717, 1.165) is 25.9 Å². The highest BCUT2D eigenvalue weighted by molar-refractivity contribution is 6.31. The number of hydrogen-bond donors (Lipinski definition) is 2. The minimum absolute atomic E-state index is 0.227. The molecule has 1 saturated heterocycles. The zero-order valence-corrected chi connectivity index (χ0v) is 14.5. The highest BCUT2D eigenvalue weighted by atomic mass is 35.5. The fourth-order valence-electron chi connectivity index (χ4n) is 2.84. The second-order valence-corrected chi connectivity index (χ2v) is 6.79. The minimum Gasteiger partial charge on any atom is -0.338 e. The van der Waals surface area contributed by atoms with Crippen LogP contribution < -0.4 is 10.6 Å². The van der Waals surface area contributed by atoms with Gasteiger partial charge in [-0.3, -0.25) is 4.90 Å². The van der Waals surface area contributed by atoms with Crippen LogP contribution in [0.1, 0.15) is 38.3 Å². The largest absolute Gasteiger partial charge is 0.338 e. The van der Waals surface area contributed by atoms with Gasteiger partial charge in [-0.25, -0.2) is 9.18 Å². The lowest BCUT2D eigenvalue weighted by Crippen LogP contribution is -2.42. The van der Waals surface area contributed by atoms with Gasteiger partial charge in [0.25, 0.3) is 0 Å². The molecular formula is C17H25ClFN3O. The topological polar surface area (TPSA) is 44.4 Å². The van der Waals surface area contributed by atoms with Crippen molar-refractivity contribution in [3.05, 3.63) is 34.6 Å². The molecule has 1 aromatic carbocycles. The van der Waals surface area contributed by atoms with E-state index in [1.165, 1.54) is 6.07 Å². The lowest BCUT2D eigenvalue weighted by molar-refractivity contribution is 0.217. The van der Waals surface area contributed by atoms with Gasteiger partial charge in [0.15, 0.2) is 0 Å². The van der Waals surface area contributed by atoms with Crippen LogP contribution in [0.3, 0.4) is 0 Å². The maximum Gasteiger partial charge on any atom is 0.314 e. The van der Waals surface area contributed by atoms with Crippen molar-refractivity contribution in [1.82, 2.24) is 15.5 Å². The Labute approximate surface area is 142 Å². The molecule has 0 saturated carbocycles. The Morgan fingerprint density at radius 3 is 2.52 bits per heavy atom. The van der Waals surface area contributed by atoms with Crippen LogP contribution in [-0.2, 0) is 0 Å². The molecule has 2 N–H and O–H groups in total. The van der Waals surface area contributed by atoms with Crippen molar-refractivity contribution in [1.29, 1.82) is 0 Å². The first-order chi connectivity index (χ1) is 11.0. The Kier molecular flexibility index (Phi) is 6.66. The van der Waals surface area contributed by atoms with Crippen LogP contribution in [0, 0.1) is 11.7 Å². The van der Waals surface area contributed by atoms with E-state index in [1.807, 2.05) is 13.8 Å². The molecule has 1 aliphatic rings. The predicted molar refractivity (Wildman–Crippen MR) is 91.2 cm³/mol. The van der Waals surface area contributed by atoms with Gasteiger partial charge in [-0.15, -0.1) is 0 Å². The van der Waals surface area contributed by atoms with Crippen LogP contribution in [0.25, 0.3) is 0 Å². The van der Waals surface area contributed by atoms with Crippen LogP contribution in [0.2, 0.25) is 5.02 Å². The second kappa shape index (κ2) is 8.50. The average Bonchev–Trinajstić information content (AvgIpc) is 3.02. The Hall–Kier alpha value is -1.33. The van der Waals surface area contributed by atoms with E-state index in [2.05, 4.69) is 15.5 Å². The van der Waals surface area contributed by atoms with Gasteiger partial charge in [0.05, 0.1) is 6.04 Å². The van der Waals surface area contributed by atoms with Gasteiger partial charge in [-0.1, -0.05) is 31.5 Å². The van der Waals surface area contributed by atoms with E-state index in [4.69, 9.17) is 11.6 Å². The molecule has 1 aromatic rings. The molecule has 1 unspecified atom stereocenters. The van der Waals surface area contributed by atoms with Gasteiger partial charge in [-0.05, 0) is 44.0 Å². The first-order valence-electron chi connectivity index (χ1n) is 8.18. The number of likely N-dealkylation sites (tertiary alicyclic amines) is 1. The third-order valence-corrected chi connectivity index (χ3v) is 4.37. The summed E-state index contributed by atoms with van der Waals surface area (Å²) in [6, 6.07) is 4.25. The Bertz CT molecular complexity index is 512. The van der Waals surface area contributed by atoms with Gasteiger partial charge in [0, 0.05) is 23.7 Å². The Morgan fingerprint density at radius 1 is 1.26 bits per heavy atom. The molecule has 128 valence electrons. The molecule has 0 spiro atoms. The summed E-state index contributed by atoms with van der Waals surface area (Å²) < 4.78 is 14.3. The summed E-state index contributed by atoms with van der Waals surface area (Å²) in [4.78, 5) is 14.1. The van der Waals surface area contributed by atoms with E-state index < -0.39 is 0 Å². The van der Waals surface area contributed by atoms with Crippen molar-refractivity contribution in [3.8, 4) is 0 Å². The van der Waals surface area contributed by atoms with E-state index in [0.29, 0.717) is 29.6 Å². The van der Waals surface area contributed by atoms with Gasteiger partial charge < -0.3 is 10.6 Å². The van der Waals surface area contributed by atoms with Crippen LogP contribution >= 0.6 is 11.6 Å². The normalized spacial score (nSPS) is 16.6. The molecule has 4 nitrogen and oxygen atoms in total. The SMILES string of the molecule is CC(C)CNC(=O)NCC(c1c(F)cccc1Cl)N1CCCC1. The van der Waals surface area contributed by atoms with Gasteiger partial charge in [-0.2, -0.15) is 0 Å². The monoisotopic (exact) mass is 341 g/mol. The predicted octanol–water partition coefficient (Wildman–Crippen LogP) is 3.57. The van der Waals surface area contributed by atoms with Gasteiger partial charge >= 0.3 is 6.03 Å². The van der Waals surface area contributed by atoms with Crippen molar-refractivity contribution in [2.45, 2.75) is 32.7 Å². The Balaban J connectivity index is 2.08. The van der Waals surface area contributed by atoms with Crippen LogP contribution in [0.5, 0.6) is 0 Å². The van der Waals surface area contributed by atoms with E-state index >= 15 is 0 Å². The molecule has 6 heteroatoms. The molecule has 23 heavy (non-hydrogen) atoms. The quantitative estimate of drug-likeness (QED) is 0.830. The molecule has 0 aliphatic carbocycles. The molecule has 2 rings (SSSR count). The molecule has 2 amide bonds. The number of urea groups is 1. The number of benzene rings is 1. The number of nitrogens with one attached hydrogen (secondary N) is 2. The summed E-state index contributed by atoms with van der Waals surface area (Å²) in [7, 11) is 0. The average molecular weight is 342 g/mol. The number of rotatable bonds is 6. The summed E-state index contributed by atoms with van der Waals surface area (Å²) in [5.41, 5.74) is 0.472. The lowest BCUT2D eigenvalue weighted by atomic mass is 10.0.